The highest BCUT2D eigenvalue weighted by Gasteiger charge is 2.19. The highest BCUT2D eigenvalue weighted by atomic mass is 16.6. The van der Waals surface area contributed by atoms with E-state index < -0.39 is 6.10 Å². The van der Waals surface area contributed by atoms with Crippen LogP contribution in [0.4, 0.5) is 0 Å². The molecule has 0 radical (unpaired) electrons. The van der Waals surface area contributed by atoms with E-state index in [4.69, 9.17) is 14.2 Å². The second-order valence-corrected chi connectivity index (χ2v) is 23.4. The highest BCUT2D eigenvalue weighted by Crippen LogP contribution is 2.17. The second-order valence-electron chi connectivity index (χ2n) is 23.4. The van der Waals surface area contributed by atoms with Crippen LogP contribution in [-0.4, -0.2) is 37.2 Å². The van der Waals surface area contributed by atoms with Gasteiger partial charge < -0.3 is 14.2 Å². The maximum Gasteiger partial charge on any atom is 0.306 e. The van der Waals surface area contributed by atoms with E-state index in [1.165, 1.54) is 180 Å². The fraction of sp³-hybridized carbons (Fsp3) is 0.727. The van der Waals surface area contributed by atoms with Crippen LogP contribution in [0, 0.1) is 0 Å². The summed E-state index contributed by atoms with van der Waals surface area (Å²) in [7, 11) is 0. The van der Waals surface area contributed by atoms with Crippen LogP contribution in [-0.2, 0) is 28.6 Å². The highest BCUT2D eigenvalue weighted by molar-refractivity contribution is 5.71. The molecule has 0 N–H and O–H groups in total. The van der Waals surface area contributed by atoms with Crippen LogP contribution in [0.3, 0.4) is 0 Å². The Hall–Kier alpha value is -3.93. The first-order valence-corrected chi connectivity index (χ1v) is 35.4. The van der Waals surface area contributed by atoms with E-state index in [0.717, 1.165) is 122 Å². The molecule has 0 aromatic rings. The summed E-state index contributed by atoms with van der Waals surface area (Å²) in [4.78, 5) is 38.4. The van der Waals surface area contributed by atoms with Crippen molar-refractivity contribution in [1.29, 1.82) is 0 Å². The minimum Gasteiger partial charge on any atom is -0.462 e. The van der Waals surface area contributed by atoms with Gasteiger partial charge in [-0.1, -0.05) is 342 Å². The minimum atomic E-state index is -0.791. The third kappa shape index (κ3) is 68.7. The van der Waals surface area contributed by atoms with Crippen molar-refractivity contribution in [2.45, 2.75) is 348 Å². The van der Waals surface area contributed by atoms with E-state index in [2.05, 4.69) is 130 Å². The lowest BCUT2D eigenvalue weighted by Crippen LogP contribution is -2.30. The van der Waals surface area contributed by atoms with Crippen molar-refractivity contribution < 1.29 is 28.6 Å². The number of carbonyl (C=O) groups excluding carboxylic acids is 3. The van der Waals surface area contributed by atoms with Gasteiger partial charge in [0.2, 0.25) is 0 Å². The van der Waals surface area contributed by atoms with E-state index in [1.54, 1.807) is 0 Å². The number of carbonyl (C=O) groups is 3. The SMILES string of the molecule is CC/C=C\C/C=C\C/C=C\C/C=C\C/C=C\C/C=C\C/C=C\C/C=C\C/C=C\CCCCCC(=O)OCC(COC(=O)CCCCCCCCCCCCCCC)OC(=O)CCCCCCCCCCCCCCCCCCCCCCC. The molecule has 1 atom stereocenters. The molecule has 1 unspecified atom stereocenters. The Kier molecular flexibility index (Phi) is 67.2. The molecule has 0 heterocycles. The number of hydrogen-bond donors (Lipinski definition) is 0. The Balaban J connectivity index is 4.35. The molecule has 0 aromatic carbocycles. The zero-order valence-electron chi connectivity index (χ0n) is 54.7. The van der Waals surface area contributed by atoms with Crippen LogP contribution in [0.1, 0.15) is 342 Å². The molecule has 476 valence electrons. The molecule has 0 amide bonds. The monoisotopic (exact) mass is 1150 g/mol. The van der Waals surface area contributed by atoms with E-state index >= 15 is 0 Å². The molecule has 6 nitrogen and oxygen atoms in total. The van der Waals surface area contributed by atoms with Gasteiger partial charge in [0, 0.05) is 19.3 Å². The number of esters is 3. The average Bonchev–Trinajstić information content (AvgIpc) is 3.49. The van der Waals surface area contributed by atoms with Gasteiger partial charge in [0.05, 0.1) is 0 Å². The van der Waals surface area contributed by atoms with Gasteiger partial charge in [-0.2, -0.15) is 0 Å². The predicted octanol–water partition coefficient (Wildman–Crippen LogP) is 24.6. The van der Waals surface area contributed by atoms with Crippen molar-refractivity contribution in [2.75, 3.05) is 13.2 Å². The fourth-order valence-electron chi connectivity index (χ4n) is 10.0. The molecular formula is C77H132O6. The van der Waals surface area contributed by atoms with Gasteiger partial charge in [0.15, 0.2) is 6.10 Å². The number of hydrogen-bond acceptors (Lipinski definition) is 6. The molecule has 0 fully saturated rings. The summed E-state index contributed by atoms with van der Waals surface area (Å²) >= 11 is 0. The van der Waals surface area contributed by atoms with Crippen molar-refractivity contribution >= 4 is 17.9 Å². The van der Waals surface area contributed by atoms with E-state index in [9.17, 15) is 14.4 Å². The Morgan fingerprint density at radius 1 is 0.253 bits per heavy atom. The van der Waals surface area contributed by atoms with Crippen molar-refractivity contribution in [2.24, 2.45) is 0 Å². The van der Waals surface area contributed by atoms with E-state index in [1.807, 2.05) is 0 Å². The third-order valence-electron chi connectivity index (χ3n) is 15.3. The molecule has 0 aliphatic rings. The number of unbranched alkanes of at least 4 members (excludes halogenated alkanes) is 35. The summed E-state index contributed by atoms with van der Waals surface area (Å²) in [5.74, 6) is -0.902. The van der Waals surface area contributed by atoms with Gasteiger partial charge >= 0.3 is 17.9 Å². The van der Waals surface area contributed by atoms with Crippen LogP contribution in [0.25, 0.3) is 0 Å². The molecule has 0 rings (SSSR count). The number of rotatable bonds is 64. The molecule has 0 aliphatic carbocycles. The molecule has 6 heteroatoms. The summed E-state index contributed by atoms with van der Waals surface area (Å²) < 4.78 is 17.0. The van der Waals surface area contributed by atoms with E-state index in [-0.39, 0.29) is 31.1 Å². The summed E-state index contributed by atoms with van der Waals surface area (Å²) in [6.45, 7) is 6.54. The first-order valence-electron chi connectivity index (χ1n) is 35.4. The van der Waals surface area contributed by atoms with Gasteiger partial charge in [-0.25, -0.2) is 0 Å². The first-order chi connectivity index (χ1) is 41.0. The second kappa shape index (κ2) is 70.6. The molecule has 83 heavy (non-hydrogen) atoms. The Bertz CT molecular complexity index is 1660. The summed E-state index contributed by atoms with van der Waals surface area (Å²) in [6, 6.07) is 0. The average molecular weight is 1150 g/mol. The quantitative estimate of drug-likeness (QED) is 0.0261. The van der Waals surface area contributed by atoms with E-state index in [0.29, 0.717) is 19.3 Å². The van der Waals surface area contributed by atoms with Crippen molar-refractivity contribution in [1.82, 2.24) is 0 Å². The van der Waals surface area contributed by atoms with Crippen LogP contribution >= 0.6 is 0 Å². The first kappa shape index (κ1) is 79.1. The minimum absolute atomic E-state index is 0.0844. The summed E-state index contributed by atoms with van der Waals surface area (Å²) in [5, 5.41) is 0. The fourth-order valence-corrected chi connectivity index (χ4v) is 10.0. The smallest absolute Gasteiger partial charge is 0.306 e. The largest absolute Gasteiger partial charge is 0.462 e. The maximum atomic E-state index is 12.9. The van der Waals surface area contributed by atoms with Gasteiger partial charge in [-0.3, -0.25) is 14.4 Å². The number of ether oxygens (including phenoxy) is 3. The van der Waals surface area contributed by atoms with Crippen LogP contribution in [0.5, 0.6) is 0 Å². The zero-order chi connectivity index (χ0) is 59.9. The summed E-state index contributed by atoms with van der Waals surface area (Å²) in [5.41, 5.74) is 0. The van der Waals surface area contributed by atoms with Gasteiger partial charge in [0.1, 0.15) is 13.2 Å². The molecular weight excluding hydrogens is 1020 g/mol. The lowest BCUT2D eigenvalue weighted by Gasteiger charge is -2.18. The molecule has 0 saturated heterocycles. The Labute approximate surface area is 514 Å². The topological polar surface area (TPSA) is 78.9 Å². The van der Waals surface area contributed by atoms with Gasteiger partial charge in [-0.05, 0) is 89.9 Å². The van der Waals surface area contributed by atoms with Crippen LogP contribution in [0.15, 0.2) is 109 Å². The lowest BCUT2D eigenvalue weighted by molar-refractivity contribution is -0.167. The van der Waals surface area contributed by atoms with Crippen LogP contribution in [0.2, 0.25) is 0 Å². The summed E-state index contributed by atoms with van der Waals surface area (Å²) in [6.07, 6.45) is 96.8. The third-order valence-corrected chi connectivity index (χ3v) is 15.3. The van der Waals surface area contributed by atoms with Crippen molar-refractivity contribution in [3.05, 3.63) is 109 Å². The lowest BCUT2D eigenvalue weighted by atomic mass is 10.0. The normalized spacial score (nSPS) is 12.8. The Morgan fingerprint density at radius 3 is 0.735 bits per heavy atom. The predicted molar refractivity (Wildman–Crippen MR) is 362 cm³/mol. The maximum absolute atomic E-state index is 12.9. The van der Waals surface area contributed by atoms with Gasteiger partial charge in [0.25, 0.3) is 0 Å². The van der Waals surface area contributed by atoms with Crippen molar-refractivity contribution in [3.63, 3.8) is 0 Å². The molecule has 0 bridgehead atoms. The van der Waals surface area contributed by atoms with Crippen LogP contribution < -0.4 is 0 Å². The van der Waals surface area contributed by atoms with Gasteiger partial charge in [-0.15, -0.1) is 0 Å². The molecule has 0 aliphatic heterocycles. The zero-order valence-corrected chi connectivity index (χ0v) is 54.7. The molecule has 0 aromatic heterocycles. The number of allylic oxidation sites excluding steroid dienone is 18. The Morgan fingerprint density at radius 2 is 0.470 bits per heavy atom. The van der Waals surface area contributed by atoms with Crippen molar-refractivity contribution in [3.8, 4) is 0 Å². The molecule has 0 spiro atoms. The molecule has 0 saturated carbocycles. The standard InChI is InChI=1S/C77H132O6/c1-4-7-10-13-16-19-22-25-27-29-31-33-34-35-36-37-38-39-40-41-42-44-45-47-49-52-55-58-61-64-67-70-76(79)82-73-74(72-81-75(78)69-66-63-60-57-54-51-24-21-18-15-12-9-6-3)83-77(80)71-68-65-62-59-56-53-50-48-46-43-32-30-28-26-23-20-17-14-11-8-5-2/h7,10,16,19,25,27,31,33,35-36,38-39,41-42,45,47,52,55,74H,4-6,8-9,11-15,17-18,20-24,26,28-30,32,34,37,40,43-44,46,48-51,53-54,56-73H2,1-3H3/b10-7-,19-16-,27-25-,33-31-,36-35-,39-38-,42-41-,47-45-,55-52-.